The van der Waals surface area contributed by atoms with E-state index >= 15 is 4.39 Å². The zero-order valence-corrected chi connectivity index (χ0v) is 20.6. The summed E-state index contributed by atoms with van der Waals surface area (Å²) >= 11 is 0. The van der Waals surface area contributed by atoms with Crippen LogP contribution in [0.25, 0.3) is 0 Å². The van der Waals surface area contributed by atoms with Gasteiger partial charge < -0.3 is 24.4 Å². The minimum Gasteiger partial charge on any atom is -0.462 e. The molecular weight excluding hydrogens is 484 g/mol. The molecule has 0 unspecified atom stereocenters. The summed E-state index contributed by atoms with van der Waals surface area (Å²) < 4.78 is 67.4. The van der Waals surface area contributed by atoms with Gasteiger partial charge in [-0.15, -0.1) is 0 Å². The van der Waals surface area contributed by atoms with Crippen LogP contribution in [-0.2, 0) is 23.4 Å². The topological polar surface area (TPSA) is 136 Å². The first-order valence-corrected chi connectivity index (χ1v) is 12.5. The molecule has 1 aromatic rings. The lowest BCUT2D eigenvalue weighted by atomic mass is 9.98. The SMILES string of the molecule is [2H]C([2H])(O[P@@](=O)(N[C@@H](C)C(=O)OC(C)C)Oc1ccccc1)[C@H]1O[C@@H](N2C=CCNC2=O)[C@](C)(F)[C@@H]1O. The molecule has 6 atom stereocenters. The van der Waals surface area contributed by atoms with E-state index < -0.39 is 62.6 Å². The van der Waals surface area contributed by atoms with Crippen LogP contribution in [0.15, 0.2) is 42.6 Å². The number of hydrogen-bond acceptors (Lipinski definition) is 8. The number of alkyl halides is 1. The molecule has 2 amide bonds. The molecule has 1 aromatic carbocycles. The highest BCUT2D eigenvalue weighted by atomic mass is 31.2. The zero-order chi connectivity index (χ0) is 27.6. The molecule has 0 bridgehead atoms. The van der Waals surface area contributed by atoms with Crippen molar-refractivity contribution < 1.29 is 44.9 Å². The number of esters is 1. The number of urea groups is 1. The maximum atomic E-state index is 15.6. The normalized spacial score (nSPS) is 30.2. The van der Waals surface area contributed by atoms with Crippen LogP contribution < -0.4 is 14.9 Å². The van der Waals surface area contributed by atoms with Gasteiger partial charge in [0.25, 0.3) is 0 Å². The van der Waals surface area contributed by atoms with Gasteiger partial charge in [-0.25, -0.2) is 13.8 Å². The third-order valence-corrected chi connectivity index (χ3v) is 6.56. The van der Waals surface area contributed by atoms with Gasteiger partial charge in [-0.2, -0.15) is 5.09 Å². The van der Waals surface area contributed by atoms with Crippen LogP contribution in [0.4, 0.5) is 9.18 Å². The number of nitrogens with one attached hydrogen (secondary N) is 2. The van der Waals surface area contributed by atoms with Crippen molar-refractivity contribution in [2.75, 3.05) is 13.1 Å². The molecule has 0 radical (unpaired) electrons. The van der Waals surface area contributed by atoms with Crippen molar-refractivity contribution in [1.29, 1.82) is 0 Å². The fraction of sp³-hybridized carbons (Fsp3) is 0.545. The Morgan fingerprint density at radius 3 is 2.74 bits per heavy atom. The van der Waals surface area contributed by atoms with Crippen molar-refractivity contribution in [3.05, 3.63) is 42.6 Å². The number of para-hydroxylation sites is 1. The van der Waals surface area contributed by atoms with E-state index in [1.54, 1.807) is 32.0 Å². The van der Waals surface area contributed by atoms with Crippen LogP contribution >= 0.6 is 7.75 Å². The van der Waals surface area contributed by atoms with E-state index in [0.717, 1.165) is 11.8 Å². The molecule has 0 spiro atoms. The average molecular weight is 517 g/mol. The second kappa shape index (κ2) is 11.0. The van der Waals surface area contributed by atoms with E-state index in [4.69, 9.17) is 21.3 Å². The zero-order valence-electron chi connectivity index (χ0n) is 21.7. The number of ether oxygens (including phenoxy) is 2. The Hall–Kier alpha value is -2.50. The number of rotatable bonds is 10. The van der Waals surface area contributed by atoms with E-state index in [1.165, 1.54) is 31.3 Å². The largest absolute Gasteiger partial charge is 0.462 e. The predicted octanol–water partition coefficient (Wildman–Crippen LogP) is 2.47. The molecule has 1 fully saturated rings. The van der Waals surface area contributed by atoms with Gasteiger partial charge in [0, 0.05) is 12.7 Å². The van der Waals surface area contributed by atoms with Crippen LogP contribution in [-0.4, -0.2) is 71.4 Å². The summed E-state index contributed by atoms with van der Waals surface area (Å²) in [5.41, 5.74) is -2.65. The van der Waals surface area contributed by atoms with Crippen LogP contribution in [0.1, 0.15) is 30.4 Å². The highest BCUT2D eigenvalue weighted by molar-refractivity contribution is 7.52. The first kappa shape index (κ1) is 24.2. The van der Waals surface area contributed by atoms with E-state index in [0.29, 0.717) is 0 Å². The number of carbonyl (C=O) groups is 2. The molecule has 3 N–H and O–H groups in total. The maximum Gasteiger partial charge on any atom is 0.459 e. The van der Waals surface area contributed by atoms with Gasteiger partial charge in [0.05, 0.1) is 15.4 Å². The molecule has 0 aromatic heterocycles. The number of benzene rings is 1. The molecular formula is C22H31FN3O8P. The summed E-state index contributed by atoms with van der Waals surface area (Å²) in [7, 11) is -4.75. The van der Waals surface area contributed by atoms with E-state index in [1.807, 2.05) is 0 Å². The lowest BCUT2D eigenvalue weighted by molar-refractivity contribution is -0.149. The van der Waals surface area contributed by atoms with Gasteiger partial charge >= 0.3 is 19.7 Å². The van der Waals surface area contributed by atoms with Crippen LogP contribution in [0.5, 0.6) is 5.75 Å². The second-order valence-corrected chi connectivity index (χ2v) is 10.0. The van der Waals surface area contributed by atoms with E-state index in [2.05, 4.69) is 10.4 Å². The number of aliphatic hydroxyl groups is 1. The summed E-state index contributed by atoms with van der Waals surface area (Å²) in [6.45, 7) is 2.53. The molecule has 1 saturated heterocycles. The number of nitrogens with zero attached hydrogens (tertiary/aromatic N) is 1. The predicted molar refractivity (Wildman–Crippen MR) is 123 cm³/mol. The molecule has 2 aliphatic heterocycles. The lowest BCUT2D eigenvalue weighted by Gasteiger charge is -2.33. The minimum absolute atomic E-state index is 0.00906. The Kier molecular flexibility index (Phi) is 7.64. The van der Waals surface area contributed by atoms with E-state index in [9.17, 15) is 19.3 Å². The van der Waals surface area contributed by atoms with Crippen molar-refractivity contribution in [2.24, 2.45) is 0 Å². The van der Waals surface area contributed by atoms with Crippen molar-refractivity contribution in [2.45, 2.75) is 63.9 Å². The Labute approximate surface area is 205 Å². The minimum atomic E-state index is -4.75. The highest BCUT2D eigenvalue weighted by Gasteiger charge is 2.57. The van der Waals surface area contributed by atoms with Crippen molar-refractivity contribution in [3.8, 4) is 5.75 Å². The Bertz CT molecular complexity index is 1060. The van der Waals surface area contributed by atoms with Gasteiger partial charge in [-0.1, -0.05) is 18.2 Å². The van der Waals surface area contributed by atoms with Crippen molar-refractivity contribution >= 4 is 19.7 Å². The van der Waals surface area contributed by atoms with Gasteiger partial charge in [0.2, 0.25) is 0 Å². The molecule has 194 valence electrons. The number of amides is 2. The number of hydrogen-bond donors (Lipinski definition) is 3. The third-order valence-electron chi connectivity index (χ3n) is 5.06. The van der Waals surface area contributed by atoms with Gasteiger partial charge in [0.1, 0.15) is 24.0 Å². The summed E-state index contributed by atoms with van der Waals surface area (Å²) in [4.78, 5) is 25.4. The van der Waals surface area contributed by atoms with E-state index in [-0.39, 0.29) is 12.3 Å². The fourth-order valence-corrected chi connectivity index (χ4v) is 4.68. The molecule has 11 nitrogen and oxygen atoms in total. The summed E-state index contributed by atoms with van der Waals surface area (Å²) in [5, 5.41) is 15.4. The third kappa shape index (κ3) is 6.59. The molecule has 3 rings (SSSR count). The van der Waals surface area contributed by atoms with Crippen LogP contribution in [0, 0.1) is 0 Å². The smallest absolute Gasteiger partial charge is 0.459 e. The summed E-state index contributed by atoms with van der Waals surface area (Å²) in [6.07, 6.45) is -3.66. The Morgan fingerprint density at radius 1 is 1.43 bits per heavy atom. The molecule has 2 heterocycles. The first-order valence-electron chi connectivity index (χ1n) is 12.0. The summed E-state index contributed by atoms with van der Waals surface area (Å²) in [5.74, 6) is -0.803. The number of halogens is 1. The molecule has 2 aliphatic rings. The highest BCUT2D eigenvalue weighted by Crippen LogP contribution is 2.46. The van der Waals surface area contributed by atoms with Gasteiger partial charge in [-0.3, -0.25) is 14.2 Å². The Balaban J connectivity index is 1.88. The first-order chi connectivity index (χ1) is 17.2. The maximum absolute atomic E-state index is 15.6. The van der Waals surface area contributed by atoms with Crippen molar-refractivity contribution in [1.82, 2.24) is 15.3 Å². The summed E-state index contributed by atoms with van der Waals surface area (Å²) in [6, 6.07) is 5.62. The quantitative estimate of drug-likeness (QED) is 0.316. The fourth-order valence-electron chi connectivity index (χ4n) is 3.31. The van der Waals surface area contributed by atoms with Gasteiger partial charge in [-0.05, 0) is 45.9 Å². The lowest BCUT2D eigenvalue weighted by Crippen LogP contribution is -2.54. The monoisotopic (exact) mass is 517 g/mol. The number of aliphatic hydroxyl groups excluding tert-OH is 1. The van der Waals surface area contributed by atoms with Gasteiger partial charge in [0.15, 0.2) is 11.9 Å². The molecule has 35 heavy (non-hydrogen) atoms. The number of carbonyl (C=O) groups excluding carboxylic acids is 2. The second-order valence-electron chi connectivity index (χ2n) is 8.43. The molecule has 0 saturated carbocycles. The molecule has 13 heteroatoms. The average Bonchev–Trinajstić information content (AvgIpc) is 3.03. The standard InChI is InChI=1S/C22H31FN3O8P/c1-14(2)32-19(28)15(3)25-35(30,34-16-9-6-5-7-10-16)31-13-17-18(27)22(4,23)20(33-17)26-12-8-11-24-21(26)29/h5-10,12,14-15,17-18,20,27H,11,13H2,1-4H3,(H,24,29)(H,25,30)/t15-,17+,18+,20+,22+,35-/m0/s1/i13D2. The van der Waals surface area contributed by atoms with Crippen LogP contribution in [0.2, 0.25) is 0 Å². The van der Waals surface area contributed by atoms with Crippen molar-refractivity contribution in [3.63, 3.8) is 0 Å². The van der Waals surface area contributed by atoms with Crippen LogP contribution in [0.3, 0.4) is 0 Å². The Morgan fingerprint density at radius 2 is 2.11 bits per heavy atom. The molecule has 0 aliphatic carbocycles.